The van der Waals surface area contributed by atoms with E-state index < -0.39 is 17.5 Å². The molecule has 1 aliphatic rings. The van der Waals surface area contributed by atoms with Crippen LogP contribution in [0, 0.1) is 0 Å². The number of amides is 2. The zero-order valence-electron chi connectivity index (χ0n) is 12.5. The summed E-state index contributed by atoms with van der Waals surface area (Å²) in [7, 11) is 0. The van der Waals surface area contributed by atoms with Gasteiger partial charge < -0.3 is 10.2 Å². The topological polar surface area (TPSA) is 49.4 Å². The quantitative estimate of drug-likeness (QED) is 0.856. The summed E-state index contributed by atoms with van der Waals surface area (Å²) in [5.41, 5.74) is -1.85. The summed E-state index contributed by atoms with van der Waals surface area (Å²) in [5.74, 6) is -1.62. The normalized spacial score (nSPS) is 20.7. The Morgan fingerprint density at radius 1 is 1.26 bits per heavy atom. The Bertz CT molecular complexity index is 690. The number of hydrogen-bond acceptors (Lipinski definition) is 3. The molecule has 1 aliphatic heterocycles. The number of nitrogens with one attached hydrogen (secondary N) is 1. The van der Waals surface area contributed by atoms with E-state index in [1.165, 1.54) is 4.90 Å². The van der Waals surface area contributed by atoms with E-state index >= 15 is 0 Å². The maximum Gasteiger partial charge on any atom is 0.274 e. The molecule has 2 amide bonds. The molecule has 1 unspecified atom stereocenters. The highest BCUT2D eigenvalue weighted by Gasteiger charge is 2.53. The van der Waals surface area contributed by atoms with Crippen LogP contribution in [-0.4, -0.2) is 30.6 Å². The van der Waals surface area contributed by atoms with Crippen molar-refractivity contribution in [3.8, 4) is 0 Å². The second-order valence-corrected chi connectivity index (χ2v) is 6.46. The minimum absolute atomic E-state index is 0.119. The Morgan fingerprint density at radius 3 is 2.74 bits per heavy atom. The number of alkyl halides is 1. The molecule has 120 valence electrons. The molecule has 2 heterocycles. The molecule has 6 heteroatoms. The minimum atomic E-state index is -2.47. The summed E-state index contributed by atoms with van der Waals surface area (Å²) < 4.78 is 14.9. The second-order valence-electron chi connectivity index (χ2n) is 5.43. The van der Waals surface area contributed by atoms with Gasteiger partial charge in [0.2, 0.25) is 0 Å². The average molecular weight is 332 g/mol. The van der Waals surface area contributed by atoms with Crippen molar-refractivity contribution in [3.05, 3.63) is 52.7 Å². The van der Waals surface area contributed by atoms with Crippen molar-refractivity contribution in [1.29, 1.82) is 0 Å². The molecule has 1 fully saturated rings. The van der Waals surface area contributed by atoms with E-state index in [9.17, 15) is 14.0 Å². The van der Waals surface area contributed by atoms with Crippen LogP contribution in [0.3, 0.4) is 0 Å². The lowest BCUT2D eigenvalue weighted by Crippen LogP contribution is -2.49. The molecular weight excluding hydrogens is 315 g/mol. The van der Waals surface area contributed by atoms with Crippen molar-refractivity contribution < 1.29 is 14.0 Å². The molecule has 0 spiro atoms. The predicted octanol–water partition coefficient (Wildman–Crippen LogP) is 2.55. The Labute approximate surface area is 137 Å². The molecule has 1 saturated heterocycles. The van der Waals surface area contributed by atoms with Crippen LogP contribution in [-0.2, 0) is 16.0 Å². The van der Waals surface area contributed by atoms with Gasteiger partial charge in [-0.1, -0.05) is 24.3 Å². The molecule has 0 radical (unpaired) electrons. The number of carbonyl (C=O) groups is 2. The van der Waals surface area contributed by atoms with Crippen molar-refractivity contribution in [2.75, 3.05) is 18.0 Å². The Morgan fingerprint density at radius 2 is 2.04 bits per heavy atom. The van der Waals surface area contributed by atoms with E-state index in [1.807, 2.05) is 23.6 Å². The van der Waals surface area contributed by atoms with E-state index in [1.54, 1.807) is 35.6 Å². The second kappa shape index (κ2) is 6.50. The molecule has 2 aromatic rings. The highest BCUT2D eigenvalue weighted by atomic mass is 32.1. The molecule has 1 N–H and O–H groups in total. The molecule has 0 bridgehead atoms. The van der Waals surface area contributed by atoms with E-state index in [2.05, 4.69) is 5.32 Å². The van der Waals surface area contributed by atoms with E-state index in [0.717, 1.165) is 4.88 Å². The smallest absolute Gasteiger partial charge is 0.274 e. The Hall–Kier alpha value is -2.21. The van der Waals surface area contributed by atoms with Gasteiger partial charge in [0.1, 0.15) is 0 Å². The zero-order chi connectivity index (χ0) is 16.3. The largest absolute Gasteiger partial charge is 0.352 e. The first-order valence-electron chi connectivity index (χ1n) is 7.48. The van der Waals surface area contributed by atoms with Gasteiger partial charge in [-0.25, -0.2) is 4.39 Å². The fraction of sp³-hybridized carbons (Fsp3) is 0.294. The van der Waals surface area contributed by atoms with Gasteiger partial charge in [0.15, 0.2) is 0 Å². The molecule has 1 aromatic heterocycles. The van der Waals surface area contributed by atoms with Crippen molar-refractivity contribution in [2.24, 2.45) is 0 Å². The Balaban J connectivity index is 1.62. The molecular formula is C17H17FN2O2S. The summed E-state index contributed by atoms with van der Waals surface area (Å²) >= 11 is 1.58. The molecule has 0 saturated carbocycles. The van der Waals surface area contributed by atoms with Gasteiger partial charge >= 0.3 is 0 Å². The lowest BCUT2D eigenvalue weighted by atomic mass is 10.0. The van der Waals surface area contributed by atoms with Crippen LogP contribution in [0.1, 0.15) is 11.3 Å². The van der Waals surface area contributed by atoms with Crippen LogP contribution in [0.4, 0.5) is 10.1 Å². The molecule has 0 aliphatic carbocycles. The van der Waals surface area contributed by atoms with Gasteiger partial charge in [0, 0.05) is 30.1 Å². The fourth-order valence-electron chi connectivity index (χ4n) is 2.65. The monoisotopic (exact) mass is 332 g/mol. The van der Waals surface area contributed by atoms with Gasteiger partial charge in [-0.2, -0.15) is 0 Å². The first-order chi connectivity index (χ1) is 11.1. The number of rotatable bonds is 5. The summed E-state index contributed by atoms with van der Waals surface area (Å²) in [5, 5.41) is 4.50. The van der Waals surface area contributed by atoms with Crippen molar-refractivity contribution in [3.63, 3.8) is 0 Å². The minimum Gasteiger partial charge on any atom is -0.352 e. The van der Waals surface area contributed by atoms with Crippen LogP contribution in [0.15, 0.2) is 47.8 Å². The maximum absolute atomic E-state index is 14.9. The van der Waals surface area contributed by atoms with E-state index in [-0.39, 0.29) is 13.0 Å². The number of para-hydroxylation sites is 1. The van der Waals surface area contributed by atoms with Crippen LogP contribution in [0.5, 0.6) is 0 Å². The third-order valence-corrected chi connectivity index (χ3v) is 4.87. The first kappa shape index (κ1) is 15.7. The third kappa shape index (κ3) is 3.12. The van der Waals surface area contributed by atoms with Gasteiger partial charge in [0.25, 0.3) is 17.5 Å². The van der Waals surface area contributed by atoms with Crippen LogP contribution in [0.25, 0.3) is 0 Å². The average Bonchev–Trinajstić information content (AvgIpc) is 3.18. The number of benzene rings is 1. The summed E-state index contributed by atoms with van der Waals surface area (Å²) in [4.78, 5) is 27.0. The SMILES string of the molecule is O=C(NCCc1cccs1)C1(F)CCN(c2ccccc2)C1=O. The number of anilines is 1. The molecule has 23 heavy (non-hydrogen) atoms. The highest BCUT2D eigenvalue weighted by molar-refractivity contribution is 7.09. The van der Waals surface area contributed by atoms with Crippen molar-refractivity contribution in [2.45, 2.75) is 18.5 Å². The molecule has 4 nitrogen and oxygen atoms in total. The summed E-state index contributed by atoms with van der Waals surface area (Å²) in [6.45, 7) is 0.529. The standard InChI is InChI=1S/C17H17FN2O2S/c18-17(15(21)19-10-8-14-7-4-12-23-14)9-11-20(16(17)22)13-5-2-1-3-6-13/h1-7,12H,8-11H2,(H,19,21). The predicted molar refractivity (Wildman–Crippen MR) is 88.3 cm³/mol. The van der Waals surface area contributed by atoms with E-state index in [0.29, 0.717) is 18.7 Å². The van der Waals surface area contributed by atoms with Crippen molar-refractivity contribution in [1.82, 2.24) is 5.32 Å². The lowest BCUT2D eigenvalue weighted by Gasteiger charge is -2.19. The Kier molecular flexibility index (Phi) is 4.43. The fourth-order valence-corrected chi connectivity index (χ4v) is 3.36. The number of hydrogen-bond donors (Lipinski definition) is 1. The summed E-state index contributed by atoms with van der Waals surface area (Å²) in [6.07, 6.45) is 0.516. The van der Waals surface area contributed by atoms with Gasteiger partial charge in [-0.05, 0) is 30.0 Å². The van der Waals surface area contributed by atoms with Crippen LogP contribution in [0.2, 0.25) is 0 Å². The van der Waals surface area contributed by atoms with Crippen LogP contribution < -0.4 is 10.2 Å². The number of carbonyl (C=O) groups excluding carboxylic acids is 2. The molecule has 1 atom stereocenters. The lowest BCUT2D eigenvalue weighted by molar-refractivity contribution is -0.141. The zero-order valence-corrected chi connectivity index (χ0v) is 13.3. The van der Waals surface area contributed by atoms with E-state index in [4.69, 9.17) is 0 Å². The van der Waals surface area contributed by atoms with Gasteiger partial charge in [-0.15, -0.1) is 11.3 Å². The molecule has 3 rings (SSSR count). The number of halogens is 1. The van der Waals surface area contributed by atoms with Gasteiger partial charge in [-0.3, -0.25) is 9.59 Å². The number of thiophene rings is 1. The summed E-state index contributed by atoms with van der Waals surface area (Å²) in [6, 6.07) is 12.7. The van der Waals surface area contributed by atoms with Crippen molar-refractivity contribution >= 4 is 28.8 Å². The molecule has 1 aromatic carbocycles. The maximum atomic E-state index is 14.9. The first-order valence-corrected chi connectivity index (χ1v) is 8.36. The number of nitrogens with zero attached hydrogens (tertiary/aromatic N) is 1. The van der Waals surface area contributed by atoms with Crippen LogP contribution >= 0.6 is 11.3 Å². The third-order valence-electron chi connectivity index (χ3n) is 3.93. The van der Waals surface area contributed by atoms with Gasteiger partial charge in [0.05, 0.1) is 0 Å². The highest BCUT2D eigenvalue weighted by Crippen LogP contribution is 2.31.